The summed E-state index contributed by atoms with van der Waals surface area (Å²) < 4.78 is 8.29. The van der Waals surface area contributed by atoms with Gasteiger partial charge in [-0.2, -0.15) is 0 Å². The zero-order chi connectivity index (χ0) is 15.4. The summed E-state index contributed by atoms with van der Waals surface area (Å²) in [5.74, 6) is 0.818. The number of benzene rings is 2. The van der Waals surface area contributed by atoms with Gasteiger partial charge in [0.05, 0.1) is 23.8 Å². The molecule has 2 aromatic carbocycles. The molecule has 0 unspecified atom stereocenters. The van der Waals surface area contributed by atoms with E-state index >= 15 is 0 Å². The molecule has 1 aromatic heterocycles. The first-order valence-corrected chi connectivity index (χ1v) is 7.86. The SMILES string of the molecule is O=c1c2ccccc2ncn1CCCOc1cccc(Br)c1. The molecular weight excluding hydrogens is 344 g/mol. The Morgan fingerprint density at radius 1 is 1.14 bits per heavy atom. The molecule has 0 radical (unpaired) electrons. The summed E-state index contributed by atoms with van der Waals surface area (Å²) >= 11 is 3.41. The quantitative estimate of drug-likeness (QED) is 0.654. The van der Waals surface area contributed by atoms with E-state index in [0.717, 1.165) is 22.2 Å². The summed E-state index contributed by atoms with van der Waals surface area (Å²) in [6, 6.07) is 15.1. The predicted molar refractivity (Wildman–Crippen MR) is 90.3 cm³/mol. The molecule has 0 amide bonds. The molecule has 0 fully saturated rings. The lowest BCUT2D eigenvalue weighted by atomic mass is 10.2. The summed E-state index contributed by atoms with van der Waals surface area (Å²) in [4.78, 5) is 16.6. The number of fused-ring (bicyclic) bond motifs is 1. The van der Waals surface area contributed by atoms with Crippen LogP contribution < -0.4 is 10.3 Å². The van der Waals surface area contributed by atoms with Crippen LogP contribution in [0.15, 0.2) is 64.1 Å². The van der Waals surface area contributed by atoms with Crippen molar-refractivity contribution in [2.75, 3.05) is 6.61 Å². The van der Waals surface area contributed by atoms with Crippen LogP contribution in [0.3, 0.4) is 0 Å². The lowest BCUT2D eigenvalue weighted by Crippen LogP contribution is -2.21. The summed E-state index contributed by atoms with van der Waals surface area (Å²) in [5.41, 5.74) is 0.724. The molecule has 3 rings (SSSR count). The van der Waals surface area contributed by atoms with E-state index in [-0.39, 0.29) is 5.56 Å². The van der Waals surface area contributed by atoms with E-state index in [1.807, 2.05) is 42.5 Å². The van der Waals surface area contributed by atoms with Crippen molar-refractivity contribution >= 4 is 26.8 Å². The van der Waals surface area contributed by atoms with Crippen LogP contribution in [0.5, 0.6) is 5.75 Å². The standard InChI is InChI=1S/C17H15BrN2O2/c18-13-5-3-6-14(11-13)22-10-4-9-20-12-19-16-8-2-1-7-15(16)17(20)21/h1-3,5-8,11-12H,4,9-10H2. The van der Waals surface area contributed by atoms with Gasteiger partial charge in [0, 0.05) is 11.0 Å². The van der Waals surface area contributed by atoms with Crippen LogP contribution in [0, 0.1) is 0 Å². The molecule has 0 spiro atoms. The zero-order valence-electron chi connectivity index (χ0n) is 11.9. The smallest absolute Gasteiger partial charge is 0.261 e. The third-order valence-corrected chi connectivity index (χ3v) is 3.83. The highest BCUT2D eigenvalue weighted by atomic mass is 79.9. The Hall–Kier alpha value is -2.14. The number of aromatic nitrogens is 2. The predicted octanol–water partition coefficient (Wildman–Crippen LogP) is 3.63. The highest BCUT2D eigenvalue weighted by molar-refractivity contribution is 9.10. The molecule has 0 atom stereocenters. The van der Waals surface area contributed by atoms with Crippen LogP contribution in [0.1, 0.15) is 6.42 Å². The summed E-state index contributed by atoms with van der Waals surface area (Å²) in [7, 11) is 0. The average Bonchev–Trinajstić information content (AvgIpc) is 2.54. The number of aryl methyl sites for hydroxylation is 1. The first-order valence-electron chi connectivity index (χ1n) is 7.06. The van der Waals surface area contributed by atoms with Gasteiger partial charge in [0.1, 0.15) is 5.75 Å². The van der Waals surface area contributed by atoms with Crippen molar-refractivity contribution in [3.8, 4) is 5.75 Å². The van der Waals surface area contributed by atoms with Crippen molar-refractivity contribution in [3.05, 3.63) is 69.7 Å². The van der Waals surface area contributed by atoms with Crippen LogP contribution in [-0.2, 0) is 6.54 Å². The zero-order valence-corrected chi connectivity index (χ0v) is 13.5. The minimum absolute atomic E-state index is 0.00643. The van der Waals surface area contributed by atoms with Gasteiger partial charge in [-0.25, -0.2) is 4.98 Å². The van der Waals surface area contributed by atoms with E-state index in [9.17, 15) is 4.79 Å². The second-order valence-corrected chi connectivity index (χ2v) is 5.84. The molecule has 0 saturated heterocycles. The fourth-order valence-corrected chi connectivity index (χ4v) is 2.63. The maximum atomic E-state index is 12.3. The Morgan fingerprint density at radius 3 is 2.86 bits per heavy atom. The average molecular weight is 359 g/mol. The highest BCUT2D eigenvalue weighted by Crippen LogP contribution is 2.17. The second-order valence-electron chi connectivity index (χ2n) is 4.92. The molecule has 0 aliphatic carbocycles. The van der Waals surface area contributed by atoms with Crippen LogP contribution in [-0.4, -0.2) is 16.2 Å². The third-order valence-electron chi connectivity index (χ3n) is 3.34. The first-order chi connectivity index (χ1) is 10.7. The lowest BCUT2D eigenvalue weighted by molar-refractivity contribution is 0.300. The molecule has 0 aliphatic heterocycles. The number of rotatable bonds is 5. The lowest BCUT2D eigenvalue weighted by Gasteiger charge is -2.08. The third kappa shape index (κ3) is 3.36. The van der Waals surface area contributed by atoms with Crippen LogP contribution in [0.2, 0.25) is 0 Å². The maximum Gasteiger partial charge on any atom is 0.261 e. The van der Waals surface area contributed by atoms with Gasteiger partial charge in [0.2, 0.25) is 0 Å². The molecule has 3 aromatic rings. The van der Waals surface area contributed by atoms with Gasteiger partial charge in [0.25, 0.3) is 5.56 Å². The van der Waals surface area contributed by atoms with E-state index in [1.165, 1.54) is 0 Å². The maximum absolute atomic E-state index is 12.3. The minimum Gasteiger partial charge on any atom is -0.493 e. The summed E-state index contributed by atoms with van der Waals surface area (Å²) in [5, 5.41) is 0.651. The number of hydrogen-bond donors (Lipinski definition) is 0. The number of hydrogen-bond acceptors (Lipinski definition) is 3. The highest BCUT2D eigenvalue weighted by Gasteiger charge is 2.03. The topological polar surface area (TPSA) is 44.1 Å². The number of para-hydroxylation sites is 1. The Labute approximate surface area is 136 Å². The van der Waals surface area contributed by atoms with Crippen molar-refractivity contribution in [1.29, 1.82) is 0 Å². The van der Waals surface area contributed by atoms with Crippen LogP contribution in [0.25, 0.3) is 10.9 Å². The molecule has 5 heteroatoms. The molecule has 112 valence electrons. The summed E-state index contributed by atoms with van der Waals surface area (Å²) in [6.07, 6.45) is 2.34. The largest absolute Gasteiger partial charge is 0.493 e. The normalized spacial score (nSPS) is 10.8. The monoisotopic (exact) mass is 358 g/mol. The van der Waals surface area contributed by atoms with Crippen molar-refractivity contribution in [2.24, 2.45) is 0 Å². The van der Waals surface area contributed by atoms with Crippen molar-refractivity contribution < 1.29 is 4.74 Å². The van der Waals surface area contributed by atoms with Crippen molar-refractivity contribution in [1.82, 2.24) is 9.55 Å². The van der Waals surface area contributed by atoms with E-state index in [0.29, 0.717) is 18.5 Å². The Kier molecular flexibility index (Phi) is 4.53. The van der Waals surface area contributed by atoms with Crippen molar-refractivity contribution in [3.63, 3.8) is 0 Å². The first kappa shape index (κ1) is 14.8. The molecule has 22 heavy (non-hydrogen) atoms. The van der Waals surface area contributed by atoms with Gasteiger partial charge in [-0.15, -0.1) is 0 Å². The van der Waals surface area contributed by atoms with Crippen LogP contribution in [0.4, 0.5) is 0 Å². The van der Waals surface area contributed by atoms with Gasteiger partial charge in [-0.1, -0.05) is 34.1 Å². The number of ether oxygens (including phenoxy) is 1. The van der Waals surface area contributed by atoms with E-state index in [4.69, 9.17) is 4.74 Å². The fourth-order valence-electron chi connectivity index (χ4n) is 2.25. The fraction of sp³-hybridized carbons (Fsp3) is 0.176. The van der Waals surface area contributed by atoms with E-state index in [1.54, 1.807) is 17.0 Å². The van der Waals surface area contributed by atoms with Crippen molar-refractivity contribution in [2.45, 2.75) is 13.0 Å². The molecule has 4 nitrogen and oxygen atoms in total. The number of nitrogens with zero attached hydrogens (tertiary/aromatic N) is 2. The van der Waals surface area contributed by atoms with E-state index < -0.39 is 0 Å². The Balaban J connectivity index is 1.62. The molecule has 0 N–H and O–H groups in total. The number of halogens is 1. The Bertz CT molecular complexity index is 845. The van der Waals surface area contributed by atoms with Gasteiger partial charge in [0.15, 0.2) is 0 Å². The molecule has 0 saturated carbocycles. The van der Waals surface area contributed by atoms with Crippen LogP contribution >= 0.6 is 15.9 Å². The van der Waals surface area contributed by atoms with Gasteiger partial charge < -0.3 is 4.74 Å². The van der Waals surface area contributed by atoms with E-state index in [2.05, 4.69) is 20.9 Å². The second kappa shape index (κ2) is 6.75. The van der Waals surface area contributed by atoms with Gasteiger partial charge in [-0.3, -0.25) is 9.36 Å². The summed E-state index contributed by atoms with van der Waals surface area (Å²) in [6.45, 7) is 1.14. The molecular formula is C17H15BrN2O2. The Morgan fingerprint density at radius 2 is 2.00 bits per heavy atom. The minimum atomic E-state index is -0.00643. The van der Waals surface area contributed by atoms with Gasteiger partial charge >= 0.3 is 0 Å². The molecule has 0 aliphatic rings. The molecule has 1 heterocycles. The molecule has 0 bridgehead atoms. The van der Waals surface area contributed by atoms with Gasteiger partial charge in [-0.05, 0) is 36.8 Å².